The summed E-state index contributed by atoms with van der Waals surface area (Å²) < 4.78 is 0.776. The molecule has 1 unspecified atom stereocenters. The van der Waals surface area contributed by atoms with Crippen molar-refractivity contribution in [1.29, 1.82) is 0 Å². The molecule has 1 aromatic rings. The number of hydrogen-bond acceptors (Lipinski definition) is 4. The fourth-order valence-corrected chi connectivity index (χ4v) is 3.78. The average molecular weight is 327 g/mol. The zero-order valence-electron chi connectivity index (χ0n) is 10.0. The second kappa shape index (κ2) is 7.60. The molecule has 1 aromatic heterocycles. The van der Waals surface area contributed by atoms with Gasteiger partial charge in [-0.15, -0.1) is 35.5 Å². The zero-order valence-corrected chi connectivity index (χ0v) is 13.2. The van der Waals surface area contributed by atoms with Crippen molar-refractivity contribution >= 4 is 53.0 Å². The minimum Gasteiger partial charge on any atom is -0.336 e. The van der Waals surface area contributed by atoms with Gasteiger partial charge in [-0.25, -0.2) is 0 Å². The van der Waals surface area contributed by atoms with Gasteiger partial charge < -0.3 is 4.90 Å². The Labute approximate surface area is 127 Å². The largest absolute Gasteiger partial charge is 0.336 e. The van der Waals surface area contributed by atoms with Crippen LogP contribution in [0.2, 0.25) is 4.34 Å². The van der Waals surface area contributed by atoms with Gasteiger partial charge in [0.1, 0.15) is 0 Å². The predicted octanol–water partition coefficient (Wildman–Crippen LogP) is 2.83. The summed E-state index contributed by atoms with van der Waals surface area (Å²) in [7, 11) is 0. The summed E-state index contributed by atoms with van der Waals surface area (Å²) in [5.74, 6) is 1.95. The van der Waals surface area contributed by atoms with Crippen molar-refractivity contribution < 1.29 is 4.79 Å². The van der Waals surface area contributed by atoms with E-state index in [9.17, 15) is 4.79 Å². The first-order valence-corrected chi connectivity index (χ1v) is 7.89. The molecule has 7 heteroatoms. The van der Waals surface area contributed by atoms with Gasteiger partial charge in [0.2, 0.25) is 5.91 Å². The fraction of sp³-hybridized carbons (Fsp3) is 0.545. The van der Waals surface area contributed by atoms with Crippen molar-refractivity contribution in [3.8, 4) is 0 Å². The van der Waals surface area contributed by atoms with E-state index < -0.39 is 0 Å². The topological polar surface area (TPSA) is 32.3 Å². The average Bonchev–Trinajstić information content (AvgIpc) is 2.96. The van der Waals surface area contributed by atoms with E-state index in [0.717, 1.165) is 27.4 Å². The Morgan fingerprint density at radius 3 is 2.89 bits per heavy atom. The second-order valence-electron chi connectivity index (χ2n) is 3.83. The summed E-state index contributed by atoms with van der Waals surface area (Å²) in [5, 5.41) is 3.21. The number of carbonyl (C=O) groups is 1. The third kappa shape index (κ3) is 4.03. The smallest absolute Gasteiger partial charge is 0.240 e. The first-order valence-electron chi connectivity index (χ1n) is 5.55. The molecule has 0 aromatic carbocycles. The quantitative estimate of drug-likeness (QED) is 0.923. The number of nitrogens with zero attached hydrogens (tertiary/aromatic N) is 1. The highest BCUT2D eigenvalue weighted by atomic mass is 35.5. The lowest BCUT2D eigenvalue weighted by molar-refractivity contribution is -0.133. The molecule has 1 amide bonds. The van der Waals surface area contributed by atoms with E-state index in [4.69, 9.17) is 11.6 Å². The van der Waals surface area contributed by atoms with Crippen LogP contribution in [0.5, 0.6) is 0 Å². The molecule has 1 aliphatic heterocycles. The van der Waals surface area contributed by atoms with Crippen molar-refractivity contribution in [2.75, 3.05) is 18.2 Å². The van der Waals surface area contributed by atoms with Crippen LogP contribution in [0.1, 0.15) is 11.8 Å². The lowest BCUT2D eigenvalue weighted by atomic mass is 10.2. The third-order valence-electron chi connectivity index (χ3n) is 2.68. The van der Waals surface area contributed by atoms with Gasteiger partial charge in [-0.2, -0.15) is 0 Å². The zero-order chi connectivity index (χ0) is 12.3. The van der Waals surface area contributed by atoms with Crippen LogP contribution in [0.25, 0.3) is 0 Å². The van der Waals surface area contributed by atoms with Crippen LogP contribution in [0.3, 0.4) is 0 Å². The van der Waals surface area contributed by atoms with Crippen molar-refractivity contribution in [2.45, 2.75) is 19.5 Å². The molecule has 0 radical (unpaired) electrons. The Hall–Kier alpha value is 0.0600. The van der Waals surface area contributed by atoms with Gasteiger partial charge >= 0.3 is 0 Å². The molecule has 2 rings (SSSR count). The highest BCUT2D eigenvalue weighted by Gasteiger charge is 2.26. The van der Waals surface area contributed by atoms with Gasteiger partial charge in [-0.3, -0.25) is 10.1 Å². The van der Waals surface area contributed by atoms with Crippen molar-refractivity contribution in [1.82, 2.24) is 10.2 Å². The van der Waals surface area contributed by atoms with E-state index in [2.05, 4.69) is 5.32 Å². The number of carbonyl (C=O) groups excluding carboxylic acids is 1. The Kier molecular flexibility index (Phi) is 6.81. The Bertz CT molecular complexity index is 394. The lowest BCUT2D eigenvalue weighted by Gasteiger charge is -2.23. The van der Waals surface area contributed by atoms with Crippen molar-refractivity contribution in [2.24, 2.45) is 0 Å². The highest BCUT2D eigenvalue weighted by Crippen LogP contribution is 2.23. The summed E-state index contributed by atoms with van der Waals surface area (Å²) in [6.07, 6.45) is 0. The highest BCUT2D eigenvalue weighted by molar-refractivity contribution is 7.99. The van der Waals surface area contributed by atoms with Gasteiger partial charge in [-0.05, 0) is 19.1 Å². The predicted molar refractivity (Wildman–Crippen MR) is 81.9 cm³/mol. The van der Waals surface area contributed by atoms with Gasteiger partial charge in [0.15, 0.2) is 0 Å². The molecule has 18 heavy (non-hydrogen) atoms. The van der Waals surface area contributed by atoms with E-state index in [-0.39, 0.29) is 24.4 Å². The molecule has 2 heterocycles. The Morgan fingerprint density at radius 1 is 1.61 bits per heavy atom. The summed E-state index contributed by atoms with van der Waals surface area (Å²) in [5.41, 5.74) is 0. The van der Waals surface area contributed by atoms with Crippen molar-refractivity contribution in [3.05, 3.63) is 21.3 Å². The Morgan fingerprint density at radius 2 is 2.39 bits per heavy atom. The molecule has 1 fully saturated rings. The standard InChI is InChI=1S/C11H15ClN2OS2.ClH/c1-2-14(5-8-3-4-10(12)17-8)11(15)9-6-16-7-13-9;/h3-4,9,13H,2,5-7H2,1H3;1H. The number of rotatable bonds is 4. The van der Waals surface area contributed by atoms with Crippen LogP contribution >= 0.6 is 47.1 Å². The number of thiophene rings is 1. The monoisotopic (exact) mass is 326 g/mol. The van der Waals surface area contributed by atoms with Crippen LogP contribution in [0.15, 0.2) is 12.1 Å². The van der Waals surface area contributed by atoms with Crippen LogP contribution in [-0.2, 0) is 11.3 Å². The number of likely N-dealkylation sites (N-methyl/N-ethyl adjacent to an activating group) is 1. The fourth-order valence-electron chi connectivity index (χ4n) is 1.74. The molecule has 1 saturated heterocycles. The van der Waals surface area contributed by atoms with E-state index in [1.807, 2.05) is 24.0 Å². The van der Waals surface area contributed by atoms with E-state index in [0.29, 0.717) is 6.54 Å². The molecule has 0 bridgehead atoms. The van der Waals surface area contributed by atoms with Crippen LogP contribution in [0.4, 0.5) is 0 Å². The molecular formula is C11H16Cl2N2OS2. The summed E-state index contributed by atoms with van der Waals surface area (Å²) in [6.45, 7) is 3.40. The molecule has 102 valence electrons. The first-order chi connectivity index (χ1) is 8.20. The minimum absolute atomic E-state index is 0. The number of amides is 1. The maximum Gasteiger partial charge on any atom is 0.240 e. The molecule has 1 aliphatic rings. The van der Waals surface area contributed by atoms with Crippen LogP contribution < -0.4 is 5.32 Å². The van der Waals surface area contributed by atoms with E-state index >= 15 is 0 Å². The lowest BCUT2D eigenvalue weighted by Crippen LogP contribution is -2.44. The minimum atomic E-state index is -0.0182. The molecule has 1 atom stereocenters. The molecule has 0 spiro atoms. The molecule has 0 saturated carbocycles. The van der Waals surface area contributed by atoms with Crippen molar-refractivity contribution in [3.63, 3.8) is 0 Å². The normalized spacial score (nSPS) is 18.4. The van der Waals surface area contributed by atoms with Crippen LogP contribution in [-0.4, -0.2) is 35.0 Å². The van der Waals surface area contributed by atoms with E-state index in [1.54, 1.807) is 11.8 Å². The summed E-state index contributed by atoms with van der Waals surface area (Å²) in [6, 6.07) is 3.85. The second-order valence-corrected chi connectivity index (χ2v) is 6.66. The van der Waals surface area contributed by atoms with Gasteiger partial charge in [0.25, 0.3) is 0 Å². The molecule has 0 aliphatic carbocycles. The SMILES string of the molecule is CCN(Cc1ccc(Cl)s1)C(=O)C1CSCN1.Cl. The molecule has 1 N–H and O–H groups in total. The van der Waals surface area contributed by atoms with E-state index in [1.165, 1.54) is 11.3 Å². The number of hydrogen-bond donors (Lipinski definition) is 1. The van der Waals surface area contributed by atoms with Gasteiger partial charge in [0, 0.05) is 23.1 Å². The number of nitrogens with one attached hydrogen (secondary N) is 1. The number of halogens is 2. The number of thioether (sulfide) groups is 1. The molecular weight excluding hydrogens is 311 g/mol. The summed E-state index contributed by atoms with van der Waals surface area (Å²) in [4.78, 5) is 15.2. The van der Waals surface area contributed by atoms with Crippen LogP contribution in [0, 0.1) is 0 Å². The molecule has 3 nitrogen and oxygen atoms in total. The first kappa shape index (κ1) is 16.1. The summed E-state index contributed by atoms with van der Waals surface area (Å²) >= 11 is 9.20. The Balaban J connectivity index is 0.00000162. The maximum atomic E-state index is 12.2. The maximum absolute atomic E-state index is 12.2. The van der Waals surface area contributed by atoms with Gasteiger partial charge in [0.05, 0.1) is 16.9 Å². The third-order valence-corrected chi connectivity index (χ3v) is 4.84. The van der Waals surface area contributed by atoms with Gasteiger partial charge in [-0.1, -0.05) is 11.6 Å².